The predicted molar refractivity (Wildman–Crippen MR) is 79.4 cm³/mol. The quantitative estimate of drug-likeness (QED) is 0.522. The summed E-state index contributed by atoms with van der Waals surface area (Å²) < 4.78 is 5.36. The molecule has 0 heterocycles. The third kappa shape index (κ3) is 6.72. The largest absolute Gasteiger partial charge is 0.379 e. The molecule has 1 fully saturated rings. The Hall–Kier alpha value is -1.41. The smallest absolute Gasteiger partial charge is 0.244 e. The van der Waals surface area contributed by atoms with Crippen molar-refractivity contribution >= 4 is 11.7 Å². The van der Waals surface area contributed by atoms with Crippen LogP contribution in [0, 0.1) is 23.2 Å². The summed E-state index contributed by atoms with van der Waals surface area (Å²) in [6, 6.07) is 1.84. The minimum atomic E-state index is -1.16. The van der Waals surface area contributed by atoms with E-state index >= 15 is 0 Å². The number of carbonyl (C=O) groups is 2. The lowest BCUT2D eigenvalue weighted by Gasteiger charge is -2.12. The van der Waals surface area contributed by atoms with Gasteiger partial charge in [0.2, 0.25) is 5.91 Å². The van der Waals surface area contributed by atoms with E-state index in [-0.39, 0.29) is 11.9 Å². The maximum atomic E-state index is 12.0. The van der Waals surface area contributed by atoms with Gasteiger partial charge in [0.05, 0.1) is 12.2 Å². The number of ketones is 1. The van der Waals surface area contributed by atoms with Crippen molar-refractivity contribution in [1.29, 1.82) is 5.26 Å². The molecule has 1 aliphatic rings. The molecule has 5 heteroatoms. The van der Waals surface area contributed by atoms with Gasteiger partial charge in [-0.1, -0.05) is 25.7 Å². The van der Waals surface area contributed by atoms with E-state index in [1.54, 1.807) is 0 Å². The monoisotopic (exact) mass is 294 g/mol. The van der Waals surface area contributed by atoms with Crippen LogP contribution in [0.4, 0.5) is 0 Å². The van der Waals surface area contributed by atoms with Crippen LogP contribution in [-0.4, -0.2) is 30.9 Å². The number of rotatable bonds is 9. The van der Waals surface area contributed by atoms with E-state index in [4.69, 9.17) is 10.00 Å². The van der Waals surface area contributed by atoms with Gasteiger partial charge < -0.3 is 10.1 Å². The second-order valence-corrected chi connectivity index (χ2v) is 5.95. The lowest BCUT2D eigenvalue weighted by molar-refractivity contribution is -0.132. The number of ether oxygens (including phenoxy) is 1. The number of nitriles is 1. The fraction of sp³-hybridized carbons (Fsp3) is 0.812. The Labute approximate surface area is 127 Å². The second-order valence-electron chi connectivity index (χ2n) is 5.95. The highest BCUT2D eigenvalue weighted by Gasteiger charge is 2.29. The molecule has 0 aromatic heterocycles. The van der Waals surface area contributed by atoms with Crippen LogP contribution in [0.15, 0.2) is 0 Å². The molecule has 1 amide bonds. The van der Waals surface area contributed by atoms with Crippen molar-refractivity contribution in [2.24, 2.45) is 11.8 Å². The van der Waals surface area contributed by atoms with Crippen molar-refractivity contribution in [2.75, 3.05) is 13.2 Å². The normalized spacial score (nSPS) is 16.7. The van der Waals surface area contributed by atoms with Crippen molar-refractivity contribution in [3.8, 4) is 6.07 Å². The van der Waals surface area contributed by atoms with Gasteiger partial charge >= 0.3 is 0 Å². The van der Waals surface area contributed by atoms with E-state index in [1.807, 2.05) is 19.9 Å². The Kier molecular flexibility index (Phi) is 7.99. The van der Waals surface area contributed by atoms with Crippen LogP contribution in [0.1, 0.15) is 52.4 Å². The number of hydrogen-bond donors (Lipinski definition) is 1. The van der Waals surface area contributed by atoms with Crippen LogP contribution in [0.2, 0.25) is 0 Å². The fourth-order valence-electron chi connectivity index (χ4n) is 2.60. The Balaban J connectivity index is 2.28. The van der Waals surface area contributed by atoms with Gasteiger partial charge in [0, 0.05) is 19.6 Å². The number of nitrogens with zero attached hydrogens (tertiary/aromatic N) is 1. The molecule has 1 unspecified atom stereocenters. The number of carbonyl (C=O) groups excluding carboxylic acids is 2. The molecule has 118 valence electrons. The van der Waals surface area contributed by atoms with Gasteiger partial charge in [-0.2, -0.15) is 5.26 Å². The maximum absolute atomic E-state index is 12.0. The SMILES string of the molecule is CC(C)OCCCNC(=O)C(C#N)C(=O)CC1CCCC1. The van der Waals surface area contributed by atoms with Crippen molar-refractivity contribution in [2.45, 2.75) is 58.5 Å². The summed E-state index contributed by atoms with van der Waals surface area (Å²) in [5.41, 5.74) is 0. The van der Waals surface area contributed by atoms with E-state index < -0.39 is 11.8 Å². The van der Waals surface area contributed by atoms with Gasteiger partial charge in [-0.3, -0.25) is 9.59 Å². The van der Waals surface area contributed by atoms with Crippen LogP contribution >= 0.6 is 0 Å². The van der Waals surface area contributed by atoms with Gasteiger partial charge in [-0.25, -0.2) is 0 Å². The third-order valence-corrected chi connectivity index (χ3v) is 3.75. The molecule has 1 N–H and O–H groups in total. The van der Waals surface area contributed by atoms with Gasteiger partial charge in [0.25, 0.3) is 0 Å². The van der Waals surface area contributed by atoms with Crippen LogP contribution in [0.25, 0.3) is 0 Å². The zero-order chi connectivity index (χ0) is 15.7. The van der Waals surface area contributed by atoms with E-state index in [0.29, 0.717) is 31.9 Å². The molecule has 1 aliphatic carbocycles. The first-order valence-corrected chi connectivity index (χ1v) is 7.86. The summed E-state index contributed by atoms with van der Waals surface area (Å²) in [5, 5.41) is 11.7. The third-order valence-electron chi connectivity index (χ3n) is 3.75. The van der Waals surface area contributed by atoms with E-state index in [2.05, 4.69) is 5.32 Å². The highest BCUT2D eigenvalue weighted by atomic mass is 16.5. The minimum absolute atomic E-state index is 0.167. The molecule has 0 radical (unpaired) electrons. The van der Waals surface area contributed by atoms with Gasteiger partial charge in [0.15, 0.2) is 11.7 Å². The zero-order valence-electron chi connectivity index (χ0n) is 13.1. The van der Waals surface area contributed by atoms with Crippen LogP contribution < -0.4 is 5.32 Å². The first-order chi connectivity index (χ1) is 10.0. The average Bonchev–Trinajstić information content (AvgIpc) is 2.91. The molecule has 1 saturated carbocycles. The minimum Gasteiger partial charge on any atom is -0.379 e. The number of Topliss-reactive ketones (excluding diaryl/α,β-unsaturated/α-hetero) is 1. The van der Waals surface area contributed by atoms with Crippen LogP contribution in [-0.2, 0) is 14.3 Å². The summed E-state index contributed by atoms with van der Waals surface area (Å²) in [5.74, 6) is -1.50. The molecule has 1 atom stereocenters. The molecule has 0 aromatic rings. The first-order valence-electron chi connectivity index (χ1n) is 7.86. The van der Waals surface area contributed by atoms with Crippen molar-refractivity contribution < 1.29 is 14.3 Å². The number of nitrogens with one attached hydrogen (secondary N) is 1. The second kappa shape index (κ2) is 9.51. The summed E-state index contributed by atoms with van der Waals surface area (Å²) >= 11 is 0. The predicted octanol–water partition coefficient (Wildman–Crippen LogP) is 2.21. The van der Waals surface area contributed by atoms with E-state index in [0.717, 1.165) is 25.7 Å². The van der Waals surface area contributed by atoms with Crippen molar-refractivity contribution in [3.05, 3.63) is 0 Å². The van der Waals surface area contributed by atoms with Crippen LogP contribution in [0.5, 0.6) is 0 Å². The van der Waals surface area contributed by atoms with Gasteiger partial charge in [-0.15, -0.1) is 0 Å². The Morgan fingerprint density at radius 1 is 1.33 bits per heavy atom. The molecular weight excluding hydrogens is 268 g/mol. The van der Waals surface area contributed by atoms with E-state index in [1.165, 1.54) is 0 Å². The maximum Gasteiger partial charge on any atom is 0.244 e. The average molecular weight is 294 g/mol. The summed E-state index contributed by atoms with van der Waals surface area (Å²) in [6.07, 6.45) is 5.59. The van der Waals surface area contributed by atoms with E-state index in [9.17, 15) is 9.59 Å². The standard InChI is InChI=1S/C16H26N2O3/c1-12(2)21-9-5-8-18-16(20)14(11-17)15(19)10-13-6-3-4-7-13/h12-14H,3-10H2,1-2H3,(H,18,20). The molecular formula is C16H26N2O3. The fourth-order valence-corrected chi connectivity index (χ4v) is 2.60. The zero-order valence-corrected chi connectivity index (χ0v) is 13.1. The molecule has 0 spiro atoms. The summed E-state index contributed by atoms with van der Waals surface area (Å²) in [6.45, 7) is 4.89. The molecule has 0 aromatic carbocycles. The highest BCUT2D eigenvalue weighted by molar-refractivity contribution is 6.03. The topological polar surface area (TPSA) is 79.2 Å². The molecule has 5 nitrogen and oxygen atoms in total. The Morgan fingerprint density at radius 2 is 2.00 bits per heavy atom. The van der Waals surface area contributed by atoms with Crippen molar-refractivity contribution in [1.82, 2.24) is 5.32 Å². The van der Waals surface area contributed by atoms with Crippen molar-refractivity contribution in [3.63, 3.8) is 0 Å². The lowest BCUT2D eigenvalue weighted by atomic mass is 9.93. The lowest BCUT2D eigenvalue weighted by Crippen LogP contribution is -2.36. The number of amides is 1. The molecule has 21 heavy (non-hydrogen) atoms. The molecule has 0 saturated heterocycles. The summed E-state index contributed by atoms with van der Waals surface area (Å²) in [7, 11) is 0. The number of hydrogen-bond acceptors (Lipinski definition) is 4. The molecule has 0 bridgehead atoms. The first kappa shape index (κ1) is 17.6. The van der Waals surface area contributed by atoms with Gasteiger partial charge in [-0.05, 0) is 26.2 Å². The van der Waals surface area contributed by atoms with Crippen LogP contribution in [0.3, 0.4) is 0 Å². The highest BCUT2D eigenvalue weighted by Crippen LogP contribution is 2.28. The molecule has 1 rings (SSSR count). The summed E-state index contributed by atoms with van der Waals surface area (Å²) in [4.78, 5) is 23.9. The van der Waals surface area contributed by atoms with Gasteiger partial charge in [0.1, 0.15) is 0 Å². The Bertz CT molecular complexity index is 381. The Morgan fingerprint density at radius 3 is 2.57 bits per heavy atom. The molecule has 0 aliphatic heterocycles.